The summed E-state index contributed by atoms with van der Waals surface area (Å²) in [4.78, 5) is 10.7. The van der Waals surface area contributed by atoms with E-state index < -0.39 is 5.97 Å². The molecule has 0 aliphatic carbocycles. The van der Waals surface area contributed by atoms with Crippen LogP contribution in [-0.2, 0) is 6.42 Å². The number of carbonyl (C=O) groups is 1. The molecule has 0 spiro atoms. The molecule has 5 heteroatoms. The predicted octanol–water partition coefficient (Wildman–Crippen LogP) is 3.52. The molecule has 1 atom stereocenters. The molecular formula is C15H16ClNO3. The van der Waals surface area contributed by atoms with Gasteiger partial charge in [0, 0.05) is 5.02 Å². The third-order valence-electron chi connectivity index (χ3n) is 3.04. The maximum absolute atomic E-state index is 10.7. The first-order valence-electron chi connectivity index (χ1n) is 6.37. The highest BCUT2D eigenvalue weighted by atomic mass is 35.5. The minimum atomic E-state index is -1.05. The van der Waals surface area contributed by atoms with Gasteiger partial charge in [0.05, 0.1) is 6.04 Å². The fourth-order valence-corrected chi connectivity index (χ4v) is 2.01. The molecule has 0 fully saturated rings. The molecule has 0 bridgehead atoms. The summed E-state index contributed by atoms with van der Waals surface area (Å²) < 4.78 is 5.25. The molecule has 0 aliphatic heterocycles. The lowest BCUT2D eigenvalue weighted by Crippen LogP contribution is -2.21. The third-order valence-corrected chi connectivity index (χ3v) is 3.29. The second-order valence-corrected chi connectivity index (χ2v) is 5.00. The maximum Gasteiger partial charge on any atom is 0.371 e. The van der Waals surface area contributed by atoms with Gasteiger partial charge >= 0.3 is 5.97 Å². The molecule has 4 nitrogen and oxygen atoms in total. The highest BCUT2D eigenvalue weighted by Crippen LogP contribution is 2.16. The maximum atomic E-state index is 10.7. The normalized spacial score (nSPS) is 12.3. The van der Waals surface area contributed by atoms with E-state index in [-0.39, 0.29) is 11.8 Å². The molecule has 0 radical (unpaired) electrons. The minimum absolute atomic E-state index is 0.0320. The average molecular weight is 294 g/mol. The van der Waals surface area contributed by atoms with Crippen LogP contribution in [0.4, 0.5) is 0 Å². The molecule has 0 aliphatic rings. The number of rotatable bonds is 6. The zero-order chi connectivity index (χ0) is 14.5. The molecule has 2 rings (SSSR count). The van der Waals surface area contributed by atoms with Crippen molar-refractivity contribution < 1.29 is 14.3 Å². The molecule has 0 saturated carbocycles. The van der Waals surface area contributed by atoms with Gasteiger partial charge in [0.1, 0.15) is 5.76 Å². The van der Waals surface area contributed by atoms with Crippen LogP contribution in [-0.4, -0.2) is 17.6 Å². The van der Waals surface area contributed by atoms with Crippen molar-refractivity contribution >= 4 is 17.6 Å². The number of furan rings is 1. The Morgan fingerprint density at radius 2 is 2.00 bits per heavy atom. The third kappa shape index (κ3) is 3.85. The van der Waals surface area contributed by atoms with Crippen molar-refractivity contribution in [2.75, 3.05) is 6.54 Å². The molecule has 1 unspecified atom stereocenters. The van der Waals surface area contributed by atoms with E-state index in [1.54, 1.807) is 6.07 Å². The Morgan fingerprint density at radius 1 is 1.30 bits per heavy atom. The number of hydrogen-bond donors (Lipinski definition) is 2. The molecule has 0 amide bonds. The fourth-order valence-electron chi connectivity index (χ4n) is 1.89. The monoisotopic (exact) mass is 293 g/mol. The van der Waals surface area contributed by atoms with E-state index in [1.165, 1.54) is 11.6 Å². The Kier molecular flexibility index (Phi) is 4.82. The van der Waals surface area contributed by atoms with Crippen LogP contribution < -0.4 is 5.32 Å². The summed E-state index contributed by atoms with van der Waals surface area (Å²) in [5.74, 6) is -0.463. The first-order valence-corrected chi connectivity index (χ1v) is 6.75. The quantitative estimate of drug-likeness (QED) is 0.855. The van der Waals surface area contributed by atoms with Crippen molar-refractivity contribution in [3.05, 3.63) is 58.5 Å². The van der Waals surface area contributed by atoms with E-state index >= 15 is 0 Å². The van der Waals surface area contributed by atoms with E-state index in [4.69, 9.17) is 21.1 Å². The lowest BCUT2D eigenvalue weighted by molar-refractivity contribution is 0.0659. The van der Waals surface area contributed by atoms with Gasteiger partial charge in [-0.3, -0.25) is 0 Å². The number of hydrogen-bond acceptors (Lipinski definition) is 3. The highest BCUT2D eigenvalue weighted by molar-refractivity contribution is 6.30. The Morgan fingerprint density at radius 3 is 2.60 bits per heavy atom. The van der Waals surface area contributed by atoms with Gasteiger partial charge in [-0.05, 0) is 49.7 Å². The molecule has 2 N–H and O–H groups in total. The largest absolute Gasteiger partial charge is 0.475 e. The van der Waals surface area contributed by atoms with E-state index in [0.717, 1.165) is 18.0 Å². The lowest BCUT2D eigenvalue weighted by Gasteiger charge is -2.11. The summed E-state index contributed by atoms with van der Waals surface area (Å²) in [6.07, 6.45) is 0.869. The standard InChI is InChI=1S/C15H16ClNO3/c1-10(13-6-7-14(20-13)15(18)19)17-9-8-11-2-4-12(16)5-3-11/h2-7,10,17H,8-9H2,1H3,(H,18,19). The summed E-state index contributed by atoms with van der Waals surface area (Å²) in [7, 11) is 0. The SMILES string of the molecule is CC(NCCc1ccc(Cl)cc1)c1ccc(C(=O)O)o1. The Bertz CT molecular complexity index is 577. The number of carboxylic acid groups (broad SMARTS) is 1. The molecule has 20 heavy (non-hydrogen) atoms. The van der Waals surface area contributed by atoms with Gasteiger partial charge in [-0.2, -0.15) is 0 Å². The van der Waals surface area contributed by atoms with E-state index in [9.17, 15) is 4.79 Å². The summed E-state index contributed by atoms with van der Waals surface area (Å²) in [5, 5.41) is 12.8. The summed E-state index contributed by atoms with van der Waals surface area (Å²) in [5.41, 5.74) is 1.19. The van der Waals surface area contributed by atoms with Gasteiger partial charge in [-0.15, -0.1) is 0 Å². The number of nitrogens with one attached hydrogen (secondary N) is 1. The highest BCUT2D eigenvalue weighted by Gasteiger charge is 2.13. The van der Waals surface area contributed by atoms with E-state index in [1.807, 2.05) is 31.2 Å². The zero-order valence-corrected chi connectivity index (χ0v) is 11.9. The van der Waals surface area contributed by atoms with Gasteiger partial charge in [0.2, 0.25) is 5.76 Å². The molecule has 2 aromatic rings. The lowest BCUT2D eigenvalue weighted by atomic mass is 10.1. The smallest absolute Gasteiger partial charge is 0.371 e. The van der Waals surface area contributed by atoms with Gasteiger partial charge in [0.25, 0.3) is 0 Å². The Labute approximate surface area is 122 Å². The average Bonchev–Trinajstić information content (AvgIpc) is 2.91. The van der Waals surface area contributed by atoms with Crippen LogP contribution in [0.25, 0.3) is 0 Å². The second-order valence-electron chi connectivity index (χ2n) is 4.56. The van der Waals surface area contributed by atoms with Crippen molar-refractivity contribution in [3.63, 3.8) is 0 Å². The van der Waals surface area contributed by atoms with Crippen molar-refractivity contribution in [2.24, 2.45) is 0 Å². The second kappa shape index (κ2) is 6.59. The van der Waals surface area contributed by atoms with Crippen LogP contribution in [0.15, 0.2) is 40.8 Å². The molecule has 1 aromatic heterocycles. The van der Waals surface area contributed by atoms with Crippen molar-refractivity contribution in [1.82, 2.24) is 5.32 Å². The van der Waals surface area contributed by atoms with E-state index in [2.05, 4.69) is 5.32 Å². The molecule has 1 aromatic carbocycles. The van der Waals surface area contributed by atoms with Crippen LogP contribution in [0, 0.1) is 0 Å². The Balaban J connectivity index is 1.83. The van der Waals surface area contributed by atoms with Gasteiger partial charge in [0.15, 0.2) is 0 Å². The molecular weight excluding hydrogens is 278 g/mol. The van der Waals surface area contributed by atoms with Gasteiger partial charge in [-0.25, -0.2) is 4.79 Å². The van der Waals surface area contributed by atoms with E-state index in [0.29, 0.717) is 5.76 Å². The topological polar surface area (TPSA) is 62.5 Å². The molecule has 0 saturated heterocycles. The van der Waals surface area contributed by atoms with Crippen LogP contribution in [0.1, 0.15) is 34.8 Å². The van der Waals surface area contributed by atoms with Gasteiger partial charge < -0.3 is 14.8 Å². The predicted molar refractivity (Wildman–Crippen MR) is 77.2 cm³/mol. The first-order chi connectivity index (χ1) is 9.56. The number of carboxylic acids is 1. The Hall–Kier alpha value is -1.78. The molecule has 106 valence electrons. The zero-order valence-electron chi connectivity index (χ0n) is 11.1. The van der Waals surface area contributed by atoms with Crippen molar-refractivity contribution in [3.8, 4) is 0 Å². The number of benzene rings is 1. The summed E-state index contributed by atoms with van der Waals surface area (Å²) in [6.45, 7) is 2.71. The van der Waals surface area contributed by atoms with Gasteiger partial charge in [-0.1, -0.05) is 23.7 Å². The van der Waals surface area contributed by atoms with Crippen molar-refractivity contribution in [1.29, 1.82) is 0 Å². The summed E-state index contributed by atoms with van der Waals surface area (Å²) >= 11 is 5.83. The first kappa shape index (κ1) is 14.6. The van der Waals surface area contributed by atoms with Crippen LogP contribution in [0.5, 0.6) is 0 Å². The fraction of sp³-hybridized carbons (Fsp3) is 0.267. The minimum Gasteiger partial charge on any atom is -0.475 e. The molecule has 1 heterocycles. The number of aromatic carboxylic acids is 1. The number of halogens is 1. The van der Waals surface area contributed by atoms with Crippen LogP contribution in [0.2, 0.25) is 5.02 Å². The van der Waals surface area contributed by atoms with Crippen molar-refractivity contribution in [2.45, 2.75) is 19.4 Å². The van der Waals surface area contributed by atoms with Crippen LogP contribution >= 0.6 is 11.6 Å². The van der Waals surface area contributed by atoms with Crippen LogP contribution in [0.3, 0.4) is 0 Å². The summed E-state index contributed by atoms with van der Waals surface area (Å²) in [6, 6.07) is 10.8.